The Morgan fingerprint density at radius 1 is 1.27 bits per heavy atom. The molecule has 0 radical (unpaired) electrons. The summed E-state index contributed by atoms with van der Waals surface area (Å²) >= 11 is 0. The summed E-state index contributed by atoms with van der Waals surface area (Å²) in [5, 5.41) is 10.8. The number of ether oxygens (including phenoxy) is 2. The van der Waals surface area contributed by atoms with Gasteiger partial charge in [0.25, 0.3) is 0 Å². The Kier molecular flexibility index (Phi) is 3.42. The van der Waals surface area contributed by atoms with Gasteiger partial charge in [0.15, 0.2) is 11.5 Å². The zero-order chi connectivity index (χ0) is 10.5. The van der Waals surface area contributed by atoms with E-state index in [1.54, 1.807) is 0 Å². The van der Waals surface area contributed by atoms with E-state index in [0.29, 0.717) is 6.79 Å². The van der Waals surface area contributed by atoms with Crippen LogP contribution in [0.4, 0.5) is 0 Å². The van der Waals surface area contributed by atoms with Gasteiger partial charge in [0, 0.05) is 18.6 Å². The van der Waals surface area contributed by atoms with Crippen LogP contribution in [0.3, 0.4) is 0 Å². The first-order chi connectivity index (χ1) is 7.40. The predicted molar refractivity (Wildman–Crippen MR) is 54.8 cm³/mol. The van der Waals surface area contributed by atoms with Crippen molar-refractivity contribution in [3.8, 4) is 11.5 Å². The third kappa shape index (κ3) is 2.61. The summed E-state index contributed by atoms with van der Waals surface area (Å²) in [6, 6.07) is 6.00. The van der Waals surface area contributed by atoms with Gasteiger partial charge in [-0.2, -0.15) is 0 Å². The molecule has 0 bridgehead atoms. The fourth-order valence-corrected chi connectivity index (χ4v) is 1.57. The van der Waals surface area contributed by atoms with Crippen molar-refractivity contribution in [2.45, 2.75) is 13.0 Å². The van der Waals surface area contributed by atoms with Crippen molar-refractivity contribution in [1.29, 1.82) is 0 Å². The molecule has 0 unspecified atom stereocenters. The fraction of sp³-hybridized carbons (Fsp3) is 0.455. The van der Waals surface area contributed by atoms with E-state index in [4.69, 9.17) is 14.6 Å². The van der Waals surface area contributed by atoms with Crippen molar-refractivity contribution in [1.82, 2.24) is 0 Å². The van der Waals surface area contributed by atoms with E-state index in [1.807, 2.05) is 18.2 Å². The van der Waals surface area contributed by atoms with Gasteiger partial charge in [-0.15, -0.1) is 0 Å². The molecule has 0 atom stereocenters. The normalized spacial score (nSPS) is 13.1. The Morgan fingerprint density at radius 2 is 2.13 bits per heavy atom. The first-order valence-electron chi connectivity index (χ1n) is 5.21. The van der Waals surface area contributed by atoms with Crippen LogP contribution in [0.5, 0.6) is 11.5 Å². The molecule has 0 spiro atoms. The highest BCUT2D eigenvalue weighted by Crippen LogP contribution is 2.32. The Morgan fingerprint density at radius 3 is 3.00 bits per heavy atom. The van der Waals surface area contributed by atoms with Crippen molar-refractivity contribution in [3.63, 3.8) is 0 Å². The van der Waals surface area contributed by atoms with Gasteiger partial charge < -0.3 is 19.9 Å². The first-order valence-corrected chi connectivity index (χ1v) is 5.21. The second kappa shape index (κ2) is 5.00. The average molecular weight is 210 g/mol. The number of aliphatic hydroxyl groups excluding tert-OH is 1. The van der Waals surface area contributed by atoms with Crippen LogP contribution >= 0.6 is 0 Å². The van der Waals surface area contributed by atoms with Crippen LogP contribution in [0.25, 0.3) is 0 Å². The van der Waals surface area contributed by atoms with Crippen molar-refractivity contribution in [2.75, 3.05) is 19.9 Å². The van der Waals surface area contributed by atoms with Crippen molar-refractivity contribution in [2.24, 2.45) is 0 Å². The minimum atomic E-state index is 0.262. The van der Waals surface area contributed by atoms with Crippen LogP contribution in [0.1, 0.15) is 12.0 Å². The number of hydrogen-bond acceptors (Lipinski definition) is 3. The topological polar surface area (TPSA) is 55.3 Å². The third-order valence-corrected chi connectivity index (χ3v) is 2.38. The monoisotopic (exact) mass is 210 g/mol. The smallest absolute Gasteiger partial charge is 0.231 e. The maximum Gasteiger partial charge on any atom is 0.231 e. The largest absolute Gasteiger partial charge is 0.454 e. The van der Waals surface area contributed by atoms with E-state index >= 15 is 0 Å². The Bertz CT molecular complexity index is 328. The molecule has 4 heteroatoms. The predicted octanol–water partition coefficient (Wildman–Crippen LogP) is -0.139. The van der Waals surface area contributed by atoms with Gasteiger partial charge in [-0.1, -0.05) is 0 Å². The molecule has 1 heterocycles. The van der Waals surface area contributed by atoms with Crippen LogP contribution in [-0.2, 0) is 6.54 Å². The first kappa shape index (κ1) is 10.3. The Hall–Kier alpha value is -1.26. The van der Waals surface area contributed by atoms with E-state index in [2.05, 4.69) is 5.32 Å². The summed E-state index contributed by atoms with van der Waals surface area (Å²) < 4.78 is 10.5. The lowest BCUT2D eigenvalue weighted by atomic mass is 10.2. The lowest BCUT2D eigenvalue weighted by Gasteiger charge is -2.02. The molecule has 0 saturated carbocycles. The molecule has 2 rings (SSSR count). The number of rotatable bonds is 5. The van der Waals surface area contributed by atoms with Crippen molar-refractivity contribution < 1.29 is 19.9 Å². The van der Waals surface area contributed by atoms with Gasteiger partial charge in [0.1, 0.15) is 6.54 Å². The second-order valence-corrected chi connectivity index (χ2v) is 3.55. The van der Waals surface area contributed by atoms with Gasteiger partial charge >= 0.3 is 0 Å². The number of hydrogen-bond donors (Lipinski definition) is 2. The van der Waals surface area contributed by atoms with E-state index in [1.165, 1.54) is 5.56 Å². The van der Waals surface area contributed by atoms with Gasteiger partial charge in [0.05, 0.1) is 6.54 Å². The Balaban J connectivity index is 1.87. The molecular weight excluding hydrogens is 194 g/mol. The van der Waals surface area contributed by atoms with Crippen molar-refractivity contribution in [3.05, 3.63) is 23.8 Å². The van der Waals surface area contributed by atoms with E-state index in [-0.39, 0.29) is 6.61 Å². The van der Waals surface area contributed by atoms with Crippen LogP contribution < -0.4 is 14.8 Å². The molecule has 15 heavy (non-hydrogen) atoms. The third-order valence-electron chi connectivity index (χ3n) is 2.38. The standard InChI is InChI=1S/C11H15NO3/c13-5-1-4-12-7-9-2-3-10-11(6-9)15-8-14-10/h2-3,6,12-13H,1,4-5,7-8H2/p+1. The summed E-state index contributed by atoms with van der Waals surface area (Å²) in [6.07, 6.45) is 0.838. The number of aliphatic hydroxyl groups is 1. The van der Waals surface area contributed by atoms with Gasteiger partial charge in [-0.3, -0.25) is 0 Å². The van der Waals surface area contributed by atoms with Crippen LogP contribution in [0.2, 0.25) is 0 Å². The van der Waals surface area contributed by atoms with E-state index < -0.39 is 0 Å². The Labute approximate surface area is 88.8 Å². The molecule has 4 nitrogen and oxygen atoms in total. The van der Waals surface area contributed by atoms with Crippen LogP contribution in [-0.4, -0.2) is 25.1 Å². The van der Waals surface area contributed by atoms with E-state index in [0.717, 1.165) is 31.0 Å². The average Bonchev–Trinajstić information content (AvgIpc) is 2.71. The van der Waals surface area contributed by atoms with Crippen LogP contribution in [0, 0.1) is 0 Å². The molecule has 0 fully saturated rings. The van der Waals surface area contributed by atoms with E-state index in [9.17, 15) is 0 Å². The molecule has 0 aromatic heterocycles. The van der Waals surface area contributed by atoms with Gasteiger partial charge in [-0.05, 0) is 18.2 Å². The molecule has 0 amide bonds. The lowest BCUT2D eigenvalue weighted by Crippen LogP contribution is -2.82. The number of benzene rings is 1. The molecule has 3 N–H and O–H groups in total. The summed E-state index contributed by atoms with van der Waals surface area (Å²) in [7, 11) is 0. The highest BCUT2D eigenvalue weighted by Gasteiger charge is 2.13. The lowest BCUT2D eigenvalue weighted by molar-refractivity contribution is -0.671. The van der Waals surface area contributed by atoms with Crippen LogP contribution in [0.15, 0.2) is 18.2 Å². The summed E-state index contributed by atoms with van der Waals surface area (Å²) in [6.45, 7) is 2.45. The maximum absolute atomic E-state index is 8.63. The minimum Gasteiger partial charge on any atom is -0.454 e. The zero-order valence-corrected chi connectivity index (χ0v) is 8.61. The van der Waals surface area contributed by atoms with Gasteiger partial charge in [0.2, 0.25) is 6.79 Å². The fourth-order valence-electron chi connectivity index (χ4n) is 1.57. The molecular formula is C11H16NO3+. The second-order valence-electron chi connectivity index (χ2n) is 3.55. The summed E-state index contributed by atoms with van der Waals surface area (Å²) in [4.78, 5) is 0. The quantitative estimate of drug-likeness (QED) is 0.665. The molecule has 1 aromatic rings. The molecule has 1 aliphatic heterocycles. The molecule has 82 valence electrons. The zero-order valence-electron chi connectivity index (χ0n) is 8.61. The molecule has 0 aliphatic carbocycles. The van der Waals surface area contributed by atoms with Crippen molar-refractivity contribution >= 4 is 0 Å². The SMILES string of the molecule is OCCC[NH2+]Cc1ccc2c(c1)OCO2. The van der Waals surface area contributed by atoms with Gasteiger partial charge in [-0.25, -0.2) is 0 Å². The maximum atomic E-state index is 8.63. The highest BCUT2D eigenvalue weighted by atomic mass is 16.7. The molecule has 1 aliphatic rings. The number of nitrogens with two attached hydrogens (primary N) is 1. The molecule has 0 saturated heterocycles. The highest BCUT2D eigenvalue weighted by molar-refractivity contribution is 5.44. The minimum absolute atomic E-state index is 0.262. The number of fused-ring (bicyclic) bond motifs is 1. The number of quaternary nitrogens is 1. The summed E-state index contributed by atoms with van der Waals surface area (Å²) in [5.41, 5.74) is 1.22. The molecule has 1 aromatic carbocycles. The summed E-state index contributed by atoms with van der Waals surface area (Å²) in [5.74, 6) is 1.66.